The van der Waals surface area contributed by atoms with Gasteiger partial charge in [-0.05, 0) is 56.3 Å². The Labute approximate surface area is 124 Å². The van der Waals surface area contributed by atoms with Crippen molar-refractivity contribution in [3.8, 4) is 0 Å². The fraction of sp³-hybridized carbons (Fsp3) is 0.812. The van der Waals surface area contributed by atoms with E-state index in [4.69, 9.17) is 4.84 Å². The lowest BCUT2D eigenvalue weighted by molar-refractivity contribution is -0.152. The summed E-state index contributed by atoms with van der Waals surface area (Å²) >= 11 is 0. The molecule has 4 aliphatic carbocycles. The first-order chi connectivity index (χ1) is 10.1. The van der Waals surface area contributed by atoms with Gasteiger partial charge < -0.3 is 9.57 Å². The number of ketones is 1. The number of hydrogen-bond donors (Lipinski definition) is 0. The molecule has 1 atom stereocenters. The summed E-state index contributed by atoms with van der Waals surface area (Å²) in [5.41, 5.74) is 0.245. The van der Waals surface area contributed by atoms with Gasteiger partial charge in [-0.25, -0.2) is 4.79 Å². The van der Waals surface area contributed by atoms with E-state index in [2.05, 4.69) is 9.89 Å². The van der Waals surface area contributed by atoms with Crippen molar-refractivity contribution in [3.05, 3.63) is 0 Å². The molecule has 0 amide bonds. The molecule has 1 unspecified atom stereocenters. The number of Topliss-reactive ketones (excluding diaryl/α,β-unsaturated/α-hetero) is 1. The number of rotatable bonds is 3. The van der Waals surface area contributed by atoms with Crippen LogP contribution in [0.4, 0.5) is 0 Å². The highest BCUT2D eigenvalue weighted by atomic mass is 16.7. The topological polar surface area (TPSA) is 65.0 Å². The predicted molar refractivity (Wildman–Crippen MR) is 74.6 cm³/mol. The lowest BCUT2D eigenvalue weighted by atomic mass is 9.48. The van der Waals surface area contributed by atoms with Crippen molar-refractivity contribution in [1.82, 2.24) is 0 Å². The average molecular weight is 291 g/mol. The zero-order valence-corrected chi connectivity index (χ0v) is 12.3. The van der Waals surface area contributed by atoms with Gasteiger partial charge in [-0.1, -0.05) is 5.16 Å². The number of methoxy groups -OCH3 is 1. The van der Waals surface area contributed by atoms with Crippen LogP contribution in [0.1, 0.15) is 44.9 Å². The lowest BCUT2D eigenvalue weighted by Crippen LogP contribution is -2.51. The Morgan fingerprint density at radius 3 is 2.24 bits per heavy atom. The molecule has 0 spiro atoms. The quantitative estimate of drug-likeness (QED) is 0.747. The van der Waals surface area contributed by atoms with Crippen LogP contribution in [0, 0.1) is 23.2 Å². The van der Waals surface area contributed by atoms with E-state index in [9.17, 15) is 9.59 Å². The molecule has 5 aliphatic rings. The van der Waals surface area contributed by atoms with Crippen molar-refractivity contribution in [2.24, 2.45) is 28.3 Å². The minimum atomic E-state index is -0.733. The molecular formula is C16H21NO4. The summed E-state index contributed by atoms with van der Waals surface area (Å²) < 4.78 is 4.66. The molecule has 1 heterocycles. The van der Waals surface area contributed by atoms with Crippen LogP contribution in [0.25, 0.3) is 0 Å². The molecule has 5 heteroatoms. The first-order valence-corrected chi connectivity index (χ1v) is 7.95. The van der Waals surface area contributed by atoms with E-state index in [-0.39, 0.29) is 17.6 Å². The molecule has 0 aromatic rings. The van der Waals surface area contributed by atoms with Crippen LogP contribution >= 0.6 is 0 Å². The molecule has 0 aromatic heterocycles. The molecule has 0 saturated heterocycles. The van der Waals surface area contributed by atoms with Gasteiger partial charge in [0.25, 0.3) is 0 Å². The summed E-state index contributed by atoms with van der Waals surface area (Å²) in [4.78, 5) is 29.6. The van der Waals surface area contributed by atoms with Crippen molar-refractivity contribution >= 4 is 17.5 Å². The summed E-state index contributed by atoms with van der Waals surface area (Å²) in [5.74, 6) is 1.86. The van der Waals surface area contributed by atoms with Crippen LogP contribution < -0.4 is 0 Å². The summed E-state index contributed by atoms with van der Waals surface area (Å²) in [5, 5.41) is 3.91. The zero-order chi connectivity index (χ0) is 14.6. The van der Waals surface area contributed by atoms with Crippen molar-refractivity contribution in [2.75, 3.05) is 7.11 Å². The van der Waals surface area contributed by atoms with Gasteiger partial charge in [0.2, 0.25) is 6.10 Å². The largest absolute Gasteiger partial charge is 0.466 e. The Bertz CT molecular complexity index is 489. The van der Waals surface area contributed by atoms with Gasteiger partial charge in [0, 0.05) is 11.8 Å². The molecule has 1 aliphatic heterocycles. The van der Waals surface area contributed by atoms with Crippen molar-refractivity contribution in [3.63, 3.8) is 0 Å². The number of carbonyl (C=O) groups is 2. The number of carbonyl (C=O) groups excluding carboxylic acids is 2. The Kier molecular flexibility index (Phi) is 2.88. The van der Waals surface area contributed by atoms with E-state index in [1.54, 1.807) is 0 Å². The normalized spacial score (nSPS) is 43.4. The molecule has 5 rings (SSSR count). The molecule has 0 N–H and O–H groups in total. The van der Waals surface area contributed by atoms with Crippen molar-refractivity contribution in [2.45, 2.75) is 51.0 Å². The molecule has 114 valence electrons. The first-order valence-electron chi connectivity index (χ1n) is 7.95. The van der Waals surface area contributed by atoms with Gasteiger partial charge >= 0.3 is 5.97 Å². The van der Waals surface area contributed by atoms with E-state index >= 15 is 0 Å². The molecule has 21 heavy (non-hydrogen) atoms. The van der Waals surface area contributed by atoms with Crippen LogP contribution in [0.2, 0.25) is 0 Å². The highest BCUT2D eigenvalue weighted by Gasteiger charge is 2.56. The number of ether oxygens (including phenoxy) is 1. The molecule has 4 saturated carbocycles. The third-order valence-corrected chi connectivity index (χ3v) is 5.91. The maximum atomic E-state index is 13.0. The SMILES string of the molecule is COC(=O)C1CC(C(=O)C23CC4CC(CC(C4)C2)C3)=NO1. The van der Waals surface area contributed by atoms with E-state index in [1.807, 2.05) is 0 Å². The second-order valence-electron chi connectivity index (χ2n) is 7.39. The zero-order valence-electron chi connectivity index (χ0n) is 12.3. The Hall–Kier alpha value is -1.39. The maximum Gasteiger partial charge on any atom is 0.350 e. The third kappa shape index (κ3) is 2.00. The summed E-state index contributed by atoms with van der Waals surface area (Å²) in [6, 6.07) is 0. The summed E-state index contributed by atoms with van der Waals surface area (Å²) in [7, 11) is 1.32. The predicted octanol–water partition coefficient (Wildman–Crippen LogP) is 2.09. The van der Waals surface area contributed by atoms with E-state index < -0.39 is 12.1 Å². The fourth-order valence-electron chi connectivity index (χ4n) is 5.46. The standard InChI is InChI=1S/C16H21NO4/c1-20-15(19)13-5-12(17-21-13)14(18)16-6-9-2-10(7-16)4-11(3-9)8-16/h9-11,13H,2-8H2,1H3. The van der Waals surface area contributed by atoms with E-state index in [1.165, 1.54) is 26.4 Å². The number of oxime groups is 1. The molecule has 4 fully saturated rings. The van der Waals surface area contributed by atoms with E-state index in [0.717, 1.165) is 37.0 Å². The van der Waals surface area contributed by atoms with Gasteiger partial charge in [0.1, 0.15) is 5.71 Å². The molecule has 4 bridgehead atoms. The van der Waals surface area contributed by atoms with Gasteiger partial charge in [-0.15, -0.1) is 0 Å². The number of esters is 1. The van der Waals surface area contributed by atoms with Crippen LogP contribution in [-0.2, 0) is 19.2 Å². The van der Waals surface area contributed by atoms with E-state index in [0.29, 0.717) is 5.71 Å². The molecular weight excluding hydrogens is 270 g/mol. The monoisotopic (exact) mass is 291 g/mol. The molecule has 5 nitrogen and oxygen atoms in total. The van der Waals surface area contributed by atoms with Gasteiger partial charge in [0.05, 0.1) is 7.11 Å². The maximum absolute atomic E-state index is 13.0. The smallest absolute Gasteiger partial charge is 0.350 e. The molecule has 0 radical (unpaired) electrons. The number of hydrogen-bond acceptors (Lipinski definition) is 5. The van der Waals surface area contributed by atoms with Gasteiger partial charge in [0.15, 0.2) is 5.78 Å². The van der Waals surface area contributed by atoms with Gasteiger partial charge in [-0.2, -0.15) is 0 Å². The second-order valence-corrected chi connectivity index (χ2v) is 7.39. The Morgan fingerprint density at radius 1 is 1.14 bits per heavy atom. The second kappa shape index (κ2) is 4.55. The fourth-order valence-corrected chi connectivity index (χ4v) is 5.46. The first kappa shape index (κ1) is 13.3. The Morgan fingerprint density at radius 2 is 1.71 bits per heavy atom. The summed E-state index contributed by atoms with van der Waals surface area (Å²) in [6.45, 7) is 0. The minimum Gasteiger partial charge on any atom is -0.466 e. The number of nitrogens with zero attached hydrogens (tertiary/aromatic N) is 1. The minimum absolute atomic E-state index is 0.146. The highest BCUT2D eigenvalue weighted by Crippen LogP contribution is 2.60. The van der Waals surface area contributed by atoms with Crippen molar-refractivity contribution < 1.29 is 19.2 Å². The van der Waals surface area contributed by atoms with Crippen LogP contribution in [0.5, 0.6) is 0 Å². The van der Waals surface area contributed by atoms with Crippen LogP contribution in [-0.4, -0.2) is 30.7 Å². The van der Waals surface area contributed by atoms with Crippen molar-refractivity contribution in [1.29, 1.82) is 0 Å². The highest BCUT2D eigenvalue weighted by molar-refractivity contribution is 6.42. The lowest BCUT2D eigenvalue weighted by Gasteiger charge is -2.55. The van der Waals surface area contributed by atoms with Gasteiger partial charge in [-0.3, -0.25) is 4.79 Å². The molecule has 0 aromatic carbocycles. The van der Waals surface area contributed by atoms with Crippen LogP contribution in [0.3, 0.4) is 0 Å². The average Bonchev–Trinajstić information content (AvgIpc) is 2.93. The third-order valence-electron chi connectivity index (χ3n) is 5.91. The Balaban J connectivity index is 1.52. The van der Waals surface area contributed by atoms with Crippen LogP contribution in [0.15, 0.2) is 5.16 Å². The summed E-state index contributed by atoms with van der Waals surface area (Å²) in [6.07, 6.45) is 6.50.